The van der Waals surface area contributed by atoms with Crippen LogP contribution in [0, 0.1) is 5.82 Å². The maximum atomic E-state index is 13.5. The third kappa shape index (κ3) is 4.17. The van der Waals surface area contributed by atoms with Crippen LogP contribution in [0.5, 0.6) is 5.75 Å². The Bertz CT molecular complexity index is 711. The van der Waals surface area contributed by atoms with Crippen molar-refractivity contribution >= 4 is 5.91 Å². The van der Waals surface area contributed by atoms with E-state index < -0.39 is 5.82 Å². The molecule has 2 aromatic rings. The Morgan fingerprint density at radius 3 is 2.76 bits per heavy atom. The molecule has 0 aliphatic carbocycles. The van der Waals surface area contributed by atoms with Crippen molar-refractivity contribution in [2.24, 2.45) is 0 Å². The highest BCUT2D eigenvalue weighted by atomic mass is 19.1. The number of carbonyl (C=O) groups excluding carboxylic acids is 1. The molecular weight excluding hydrogens is 325 g/mol. The number of hydrogen-bond acceptors (Lipinski definition) is 4. The summed E-state index contributed by atoms with van der Waals surface area (Å²) < 4.78 is 20.6. The fourth-order valence-electron chi connectivity index (χ4n) is 3.19. The number of amides is 1. The zero-order valence-corrected chi connectivity index (χ0v) is 14.0. The summed E-state index contributed by atoms with van der Waals surface area (Å²) >= 11 is 0. The Morgan fingerprint density at radius 2 is 2.04 bits per heavy atom. The fraction of sp³-hybridized carbons (Fsp3) is 0.444. The predicted molar refractivity (Wildman–Crippen MR) is 89.8 cm³/mol. The van der Waals surface area contributed by atoms with Crippen LogP contribution in [0.25, 0.3) is 0 Å². The van der Waals surface area contributed by atoms with Gasteiger partial charge in [0.05, 0.1) is 13.2 Å². The number of aliphatic hydroxyl groups excluding tert-OH is 1. The second-order valence-corrected chi connectivity index (χ2v) is 6.08. The molecule has 0 bridgehead atoms. The number of para-hydroxylation sites is 1. The topological polar surface area (TPSA) is 67.6 Å². The third-order valence-electron chi connectivity index (χ3n) is 4.51. The molecule has 1 aromatic carbocycles. The number of benzene rings is 1. The van der Waals surface area contributed by atoms with Crippen LogP contribution in [-0.4, -0.2) is 52.0 Å². The first-order valence-electron chi connectivity index (χ1n) is 8.46. The van der Waals surface area contributed by atoms with Gasteiger partial charge in [-0.2, -0.15) is 5.10 Å². The SMILES string of the molecule is O=C(COc1ccccc1F)N1CCC(c2ccnn2CCO)CC1. The highest BCUT2D eigenvalue weighted by Crippen LogP contribution is 2.28. The lowest BCUT2D eigenvalue weighted by Crippen LogP contribution is -2.40. The molecule has 0 radical (unpaired) electrons. The number of ether oxygens (including phenoxy) is 1. The van der Waals surface area contributed by atoms with Gasteiger partial charge in [-0.1, -0.05) is 12.1 Å². The Labute approximate surface area is 145 Å². The van der Waals surface area contributed by atoms with E-state index in [9.17, 15) is 9.18 Å². The molecule has 1 fully saturated rings. The highest BCUT2D eigenvalue weighted by Gasteiger charge is 2.26. The lowest BCUT2D eigenvalue weighted by atomic mass is 9.93. The maximum absolute atomic E-state index is 13.5. The van der Waals surface area contributed by atoms with E-state index in [1.54, 1.807) is 23.2 Å². The van der Waals surface area contributed by atoms with E-state index in [1.807, 2.05) is 10.7 Å². The van der Waals surface area contributed by atoms with Crippen LogP contribution in [0.4, 0.5) is 4.39 Å². The van der Waals surface area contributed by atoms with E-state index in [2.05, 4.69) is 5.10 Å². The van der Waals surface area contributed by atoms with Gasteiger partial charge in [0.2, 0.25) is 0 Å². The Morgan fingerprint density at radius 1 is 1.28 bits per heavy atom. The zero-order chi connectivity index (χ0) is 17.6. The Hall–Kier alpha value is -2.41. The molecule has 1 aliphatic heterocycles. The second kappa shape index (κ2) is 8.11. The number of halogens is 1. The molecule has 1 aliphatic rings. The van der Waals surface area contributed by atoms with Gasteiger partial charge in [-0.3, -0.25) is 9.48 Å². The number of nitrogens with zero attached hydrogens (tertiary/aromatic N) is 3. The lowest BCUT2D eigenvalue weighted by Gasteiger charge is -2.32. The monoisotopic (exact) mass is 347 g/mol. The Kier molecular flexibility index (Phi) is 5.65. The molecule has 2 heterocycles. The van der Waals surface area contributed by atoms with Gasteiger partial charge in [-0.25, -0.2) is 4.39 Å². The largest absolute Gasteiger partial charge is 0.481 e. The summed E-state index contributed by atoms with van der Waals surface area (Å²) in [4.78, 5) is 14.0. The first-order valence-corrected chi connectivity index (χ1v) is 8.46. The number of likely N-dealkylation sites (tertiary alicyclic amines) is 1. The van der Waals surface area contributed by atoms with Crippen LogP contribution in [-0.2, 0) is 11.3 Å². The van der Waals surface area contributed by atoms with Crippen molar-refractivity contribution in [3.8, 4) is 5.75 Å². The summed E-state index contributed by atoms with van der Waals surface area (Å²) in [6.45, 7) is 1.65. The number of piperidine rings is 1. The molecule has 1 N–H and O–H groups in total. The van der Waals surface area contributed by atoms with Gasteiger partial charge in [0.25, 0.3) is 5.91 Å². The van der Waals surface area contributed by atoms with Crippen molar-refractivity contribution in [1.82, 2.24) is 14.7 Å². The van der Waals surface area contributed by atoms with Crippen molar-refractivity contribution in [1.29, 1.82) is 0 Å². The van der Waals surface area contributed by atoms with E-state index in [0.717, 1.165) is 18.5 Å². The number of carbonyl (C=O) groups is 1. The van der Waals surface area contributed by atoms with Crippen LogP contribution in [0.2, 0.25) is 0 Å². The van der Waals surface area contributed by atoms with Crippen molar-refractivity contribution < 1.29 is 19.0 Å². The van der Waals surface area contributed by atoms with Crippen molar-refractivity contribution in [3.63, 3.8) is 0 Å². The normalized spacial score (nSPS) is 15.4. The van der Waals surface area contributed by atoms with Gasteiger partial charge in [0.15, 0.2) is 18.2 Å². The van der Waals surface area contributed by atoms with Crippen LogP contribution in [0.3, 0.4) is 0 Å². The molecule has 134 valence electrons. The molecule has 0 unspecified atom stereocenters. The molecule has 25 heavy (non-hydrogen) atoms. The maximum Gasteiger partial charge on any atom is 0.260 e. The number of aromatic nitrogens is 2. The molecule has 1 saturated heterocycles. The molecular formula is C18H22FN3O3. The van der Waals surface area contributed by atoms with E-state index >= 15 is 0 Å². The molecule has 0 atom stereocenters. The Balaban J connectivity index is 1.51. The van der Waals surface area contributed by atoms with Gasteiger partial charge >= 0.3 is 0 Å². The molecule has 7 heteroatoms. The number of aliphatic hydroxyl groups is 1. The number of hydrogen-bond donors (Lipinski definition) is 1. The minimum absolute atomic E-state index is 0.0550. The molecule has 1 aromatic heterocycles. The average Bonchev–Trinajstić information content (AvgIpc) is 3.09. The van der Waals surface area contributed by atoms with Gasteiger partial charge in [-0.15, -0.1) is 0 Å². The molecule has 1 amide bonds. The first kappa shape index (κ1) is 17.4. The third-order valence-corrected chi connectivity index (χ3v) is 4.51. The quantitative estimate of drug-likeness (QED) is 0.865. The van der Waals surface area contributed by atoms with E-state index in [0.29, 0.717) is 25.6 Å². The summed E-state index contributed by atoms with van der Waals surface area (Å²) in [5.41, 5.74) is 1.10. The molecule has 3 rings (SSSR count). The summed E-state index contributed by atoms with van der Waals surface area (Å²) in [6, 6.07) is 8.04. The van der Waals surface area contributed by atoms with Crippen LogP contribution >= 0.6 is 0 Å². The predicted octanol–water partition coefficient (Wildman–Crippen LogP) is 1.80. The van der Waals surface area contributed by atoms with Crippen molar-refractivity contribution in [2.75, 3.05) is 26.3 Å². The van der Waals surface area contributed by atoms with Gasteiger partial charge in [-0.05, 0) is 31.0 Å². The van der Waals surface area contributed by atoms with E-state index in [1.165, 1.54) is 12.1 Å². The average molecular weight is 347 g/mol. The van der Waals surface area contributed by atoms with E-state index in [-0.39, 0.29) is 24.9 Å². The van der Waals surface area contributed by atoms with Gasteiger partial charge in [0, 0.05) is 30.9 Å². The van der Waals surface area contributed by atoms with Gasteiger partial charge in [0.1, 0.15) is 0 Å². The number of rotatable bonds is 6. The smallest absolute Gasteiger partial charge is 0.260 e. The molecule has 6 nitrogen and oxygen atoms in total. The minimum atomic E-state index is -0.467. The fourth-order valence-corrected chi connectivity index (χ4v) is 3.19. The lowest BCUT2D eigenvalue weighted by molar-refractivity contribution is -0.134. The van der Waals surface area contributed by atoms with Gasteiger partial charge < -0.3 is 14.7 Å². The summed E-state index contributed by atoms with van der Waals surface area (Å²) in [5, 5.41) is 13.3. The van der Waals surface area contributed by atoms with Crippen LogP contribution in [0.15, 0.2) is 36.5 Å². The minimum Gasteiger partial charge on any atom is -0.481 e. The zero-order valence-electron chi connectivity index (χ0n) is 14.0. The standard InChI is InChI=1S/C18H22FN3O3/c19-15-3-1-2-4-17(15)25-13-18(24)21-9-6-14(7-10-21)16-5-8-20-22(16)11-12-23/h1-5,8,14,23H,6-7,9-13H2. The summed E-state index contributed by atoms with van der Waals surface area (Å²) in [6.07, 6.45) is 3.41. The summed E-state index contributed by atoms with van der Waals surface area (Å²) in [5.74, 6) is -0.180. The summed E-state index contributed by atoms with van der Waals surface area (Å²) in [7, 11) is 0. The van der Waals surface area contributed by atoms with Crippen molar-refractivity contribution in [3.05, 3.63) is 48.0 Å². The first-order chi connectivity index (χ1) is 12.2. The molecule has 0 spiro atoms. The van der Waals surface area contributed by atoms with Crippen molar-refractivity contribution in [2.45, 2.75) is 25.3 Å². The van der Waals surface area contributed by atoms with E-state index in [4.69, 9.17) is 9.84 Å². The van der Waals surface area contributed by atoms with Crippen LogP contribution < -0.4 is 4.74 Å². The highest BCUT2D eigenvalue weighted by molar-refractivity contribution is 5.77. The molecule has 0 saturated carbocycles. The second-order valence-electron chi connectivity index (χ2n) is 6.08. The van der Waals surface area contributed by atoms with Crippen LogP contribution in [0.1, 0.15) is 24.5 Å².